The van der Waals surface area contributed by atoms with E-state index in [2.05, 4.69) is 29.0 Å². The summed E-state index contributed by atoms with van der Waals surface area (Å²) in [5.41, 5.74) is 2.05. The zero-order valence-corrected chi connectivity index (χ0v) is 21.8. The predicted molar refractivity (Wildman–Crippen MR) is 139 cm³/mol. The van der Waals surface area contributed by atoms with Gasteiger partial charge in [0.2, 0.25) is 5.91 Å². The van der Waals surface area contributed by atoms with E-state index in [9.17, 15) is 9.59 Å². The quantitative estimate of drug-likeness (QED) is 0.680. The van der Waals surface area contributed by atoms with E-state index in [1.165, 1.54) is 0 Å². The van der Waals surface area contributed by atoms with Crippen LogP contribution in [0.15, 0.2) is 42.6 Å². The lowest BCUT2D eigenvalue weighted by molar-refractivity contribution is -0.122. The summed E-state index contributed by atoms with van der Waals surface area (Å²) in [4.78, 5) is 34.6. The van der Waals surface area contributed by atoms with Crippen molar-refractivity contribution in [2.75, 3.05) is 39.2 Å². The minimum Gasteiger partial charge on any atom is -0.491 e. The van der Waals surface area contributed by atoms with Crippen molar-refractivity contribution in [3.63, 3.8) is 0 Å². The number of amides is 2. The van der Waals surface area contributed by atoms with Crippen LogP contribution in [-0.4, -0.2) is 72.6 Å². The van der Waals surface area contributed by atoms with Gasteiger partial charge in [-0.25, -0.2) is 0 Å². The zero-order chi connectivity index (χ0) is 25.7. The molecule has 2 aliphatic rings. The summed E-state index contributed by atoms with van der Waals surface area (Å²) in [6, 6.07) is 11.4. The molecule has 0 unspecified atom stereocenters. The van der Waals surface area contributed by atoms with Crippen LogP contribution in [0.3, 0.4) is 0 Å². The highest BCUT2D eigenvalue weighted by molar-refractivity contribution is 6.00. The van der Waals surface area contributed by atoms with Crippen LogP contribution in [0.25, 0.3) is 0 Å². The van der Waals surface area contributed by atoms with Crippen LogP contribution in [0.5, 0.6) is 5.75 Å². The van der Waals surface area contributed by atoms with Gasteiger partial charge >= 0.3 is 0 Å². The molecule has 1 aliphatic heterocycles. The topological polar surface area (TPSA) is 84.0 Å². The van der Waals surface area contributed by atoms with E-state index in [4.69, 9.17) is 9.47 Å². The van der Waals surface area contributed by atoms with E-state index >= 15 is 0 Å². The number of nitrogens with one attached hydrogen (secondary N) is 1. The Morgan fingerprint density at radius 2 is 2.00 bits per heavy atom. The molecule has 3 atom stereocenters. The first-order chi connectivity index (χ1) is 17.4. The average Bonchev–Trinajstić information content (AvgIpc) is 2.84. The summed E-state index contributed by atoms with van der Waals surface area (Å²) in [5, 5.41) is 2.98. The molecule has 1 saturated carbocycles. The normalized spacial score (nSPS) is 24.1. The van der Waals surface area contributed by atoms with Crippen LogP contribution in [0.2, 0.25) is 0 Å². The number of hydrogen-bond donors (Lipinski definition) is 1. The number of nitrogens with zero attached hydrogens (tertiary/aromatic N) is 3. The number of fused-ring (bicyclic) bond motifs is 1. The van der Waals surface area contributed by atoms with Crippen LogP contribution in [0, 0.1) is 11.8 Å². The summed E-state index contributed by atoms with van der Waals surface area (Å²) < 4.78 is 12.1. The highest BCUT2D eigenvalue weighted by Crippen LogP contribution is 2.30. The van der Waals surface area contributed by atoms with Crippen molar-refractivity contribution in [1.29, 1.82) is 0 Å². The molecule has 0 spiro atoms. The molecule has 1 aromatic carbocycles. The fourth-order valence-electron chi connectivity index (χ4n) is 4.76. The third kappa shape index (κ3) is 6.23. The number of likely N-dealkylation sites (N-methyl/N-ethyl adjacent to an activating group) is 1. The maximum Gasteiger partial charge on any atom is 0.257 e. The molecule has 0 radical (unpaired) electrons. The minimum absolute atomic E-state index is 0.0168. The molecular weight excluding hydrogens is 456 g/mol. The number of anilines is 1. The predicted octanol–water partition coefficient (Wildman–Crippen LogP) is 3.83. The van der Waals surface area contributed by atoms with Gasteiger partial charge in [-0.1, -0.05) is 19.4 Å². The Kier molecular flexibility index (Phi) is 8.59. The van der Waals surface area contributed by atoms with Gasteiger partial charge in [-0.2, -0.15) is 0 Å². The molecule has 8 nitrogen and oxygen atoms in total. The summed E-state index contributed by atoms with van der Waals surface area (Å²) in [6.45, 7) is 6.61. The number of benzene rings is 1. The Labute approximate surface area is 214 Å². The van der Waals surface area contributed by atoms with Crippen molar-refractivity contribution < 1.29 is 19.1 Å². The van der Waals surface area contributed by atoms with Crippen LogP contribution >= 0.6 is 0 Å². The molecule has 1 aliphatic carbocycles. The lowest BCUT2D eigenvalue weighted by Gasteiger charge is -2.36. The second-order valence-electron chi connectivity index (χ2n) is 10.2. The standard InChI is InChI=1S/C28H38N4O4/c1-19-15-32(16-23-10-5-6-13-29-23)20(2)18-36-25-12-11-22(30-27(33)21-8-7-9-21)14-24(25)28(34)31(3)17-26(19)35-4/h5-6,10-14,19-21,26H,7-9,15-18H2,1-4H3,(H,30,33)/t19-,20+,26-/m1/s1. The Morgan fingerprint density at radius 1 is 1.19 bits per heavy atom. The summed E-state index contributed by atoms with van der Waals surface area (Å²) in [6.07, 6.45) is 4.61. The first kappa shape index (κ1) is 26.1. The maximum absolute atomic E-state index is 13.5. The maximum atomic E-state index is 13.5. The first-order valence-electron chi connectivity index (χ1n) is 12.9. The smallest absolute Gasteiger partial charge is 0.257 e. The third-order valence-corrected chi connectivity index (χ3v) is 7.41. The fourth-order valence-corrected chi connectivity index (χ4v) is 4.76. The largest absolute Gasteiger partial charge is 0.491 e. The van der Waals surface area contributed by atoms with Gasteiger partial charge in [0, 0.05) is 57.6 Å². The molecule has 1 aromatic heterocycles. The number of ether oxygens (including phenoxy) is 2. The molecule has 0 bridgehead atoms. The highest BCUT2D eigenvalue weighted by atomic mass is 16.5. The summed E-state index contributed by atoms with van der Waals surface area (Å²) in [5.74, 6) is 0.611. The van der Waals surface area contributed by atoms with Crippen molar-refractivity contribution in [3.8, 4) is 5.75 Å². The molecule has 8 heteroatoms. The number of rotatable bonds is 5. The SMILES string of the molecule is CO[C@@H]1CN(C)C(=O)c2cc(NC(=O)C3CCC3)ccc2OC[C@H](C)N(Cc2ccccn2)C[C@H]1C. The van der Waals surface area contributed by atoms with Gasteiger partial charge in [0.1, 0.15) is 12.4 Å². The van der Waals surface area contributed by atoms with E-state index in [1.54, 1.807) is 31.2 Å². The van der Waals surface area contributed by atoms with Crippen molar-refractivity contribution in [1.82, 2.24) is 14.8 Å². The number of methoxy groups -OCH3 is 1. The minimum atomic E-state index is -0.155. The van der Waals surface area contributed by atoms with Crippen LogP contribution < -0.4 is 10.1 Å². The monoisotopic (exact) mass is 494 g/mol. The molecular formula is C28H38N4O4. The molecule has 4 rings (SSSR count). The van der Waals surface area contributed by atoms with Crippen molar-refractivity contribution in [3.05, 3.63) is 53.9 Å². The molecule has 0 saturated heterocycles. The first-order valence-corrected chi connectivity index (χ1v) is 12.9. The van der Waals surface area contributed by atoms with Gasteiger partial charge in [-0.05, 0) is 56.0 Å². The van der Waals surface area contributed by atoms with E-state index in [0.717, 1.165) is 31.5 Å². The second-order valence-corrected chi connectivity index (χ2v) is 10.2. The van der Waals surface area contributed by atoms with Gasteiger partial charge in [0.25, 0.3) is 5.91 Å². The molecule has 2 aromatic rings. The highest BCUT2D eigenvalue weighted by Gasteiger charge is 2.29. The van der Waals surface area contributed by atoms with Crippen LogP contribution in [0.1, 0.15) is 49.2 Å². The van der Waals surface area contributed by atoms with Crippen LogP contribution in [-0.2, 0) is 16.1 Å². The van der Waals surface area contributed by atoms with Gasteiger partial charge in [-0.3, -0.25) is 19.5 Å². The van der Waals surface area contributed by atoms with Gasteiger partial charge < -0.3 is 19.7 Å². The average molecular weight is 495 g/mol. The Hall–Kier alpha value is -2.97. The lowest BCUT2D eigenvalue weighted by Crippen LogP contribution is -2.46. The number of carbonyl (C=O) groups is 2. The van der Waals surface area contributed by atoms with Gasteiger partial charge in [0.05, 0.1) is 17.4 Å². The Morgan fingerprint density at radius 3 is 2.67 bits per heavy atom. The summed E-state index contributed by atoms with van der Waals surface area (Å²) in [7, 11) is 3.48. The fraction of sp³-hybridized carbons (Fsp3) is 0.536. The zero-order valence-electron chi connectivity index (χ0n) is 21.8. The van der Waals surface area contributed by atoms with E-state index < -0.39 is 0 Å². The third-order valence-electron chi connectivity index (χ3n) is 7.41. The van der Waals surface area contributed by atoms with E-state index in [1.807, 2.05) is 30.5 Å². The molecule has 2 heterocycles. The Balaban J connectivity index is 1.60. The van der Waals surface area contributed by atoms with Crippen molar-refractivity contribution in [2.24, 2.45) is 11.8 Å². The van der Waals surface area contributed by atoms with Crippen molar-refractivity contribution >= 4 is 17.5 Å². The molecule has 194 valence electrons. The Bertz CT molecular complexity index is 1040. The van der Waals surface area contributed by atoms with Gasteiger partial charge in [0.15, 0.2) is 0 Å². The lowest BCUT2D eigenvalue weighted by atomic mass is 9.85. The number of hydrogen-bond acceptors (Lipinski definition) is 6. The van der Waals surface area contributed by atoms with E-state index in [-0.39, 0.29) is 35.8 Å². The van der Waals surface area contributed by atoms with Gasteiger partial charge in [-0.15, -0.1) is 0 Å². The van der Waals surface area contributed by atoms with E-state index in [0.29, 0.717) is 36.7 Å². The molecule has 36 heavy (non-hydrogen) atoms. The second kappa shape index (κ2) is 11.8. The number of aromatic nitrogens is 1. The van der Waals surface area contributed by atoms with Crippen LogP contribution in [0.4, 0.5) is 5.69 Å². The number of carbonyl (C=O) groups excluding carboxylic acids is 2. The number of pyridine rings is 1. The van der Waals surface area contributed by atoms with Crippen molar-refractivity contribution in [2.45, 2.75) is 51.8 Å². The molecule has 2 amide bonds. The summed E-state index contributed by atoms with van der Waals surface area (Å²) >= 11 is 0. The molecule has 1 fully saturated rings. The molecule has 1 N–H and O–H groups in total.